The summed E-state index contributed by atoms with van der Waals surface area (Å²) in [4.78, 5) is 28.4. The van der Waals surface area contributed by atoms with Gasteiger partial charge in [0.2, 0.25) is 0 Å². The highest BCUT2D eigenvalue weighted by molar-refractivity contribution is 6.06. The molecule has 0 unspecified atom stereocenters. The second-order valence-electron chi connectivity index (χ2n) is 8.12. The van der Waals surface area contributed by atoms with Gasteiger partial charge in [-0.1, -0.05) is 24.3 Å². The van der Waals surface area contributed by atoms with E-state index in [1.807, 2.05) is 18.2 Å². The van der Waals surface area contributed by atoms with Crippen molar-refractivity contribution in [2.24, 2.45) is 0 Å². The summed E-state index contributed by atoms with van der Waals surface area (Å²) in [5.74, 6) is 1.07. The maximum absolute atomic E-state index is 13.0. The van der Waals surface area contributed by atoms with Gasteiger partial charge in [0.05, 0.1) is 33.2 Å². The Morgan fingerprint density at radius 2 is 1.23 bits per heavy atom. The lowest BCUT2D eigenvalue weighted by Crippen LogP contribution is -2.11. The number of anilines is 1. The van der Waals surface area contributed by atoms with Gasteiger partial charge >= 0.3 is 0 Å². The Kier molecular flexibility index (Phi) is 4.70. The zero-order valence-electron chi connectivity index (χ0n) is 18.3. The van der Waals surface area contributed by atoms with E-state index >= 15 is 0 Å². The van der Waals surface area contributed by atoms with Crippen molar-refractivity contribution in [3.8, 4) is 34.3 Å². The monoisotopic (exact) mass is 461 g/mol. The Labute approximate surface area is 198 Å². The third kappa shape index (κ3) is 3.72. The Morgan fingerprint density at radius 1 is 0.686 bits per heavy atom. The molecular formula is C27H19N5O3. The molecule has 1 amide bonds. The van der Waals surface area contributed by atoms with E-state index in [4.69, 9.17) is 0 Å². The lowest BCUT2D eigenvalue weighted by Gasteiger charge is -2.05. The smallest absolute Gasteiger partial charge is 0.255 e. The molecule has 0 radical (unpaired) electrons. The number of H-pyrrole nitrogens is 2. The van der Waals surface area contributed by atoms with E-state index in [1.165, 1.54) is 0 Å². The molecule has 170 valence electrons. The van der Waals surface area contributed by atoms with E-state index in [9.17, 15) is 15.0 Å². The number of rotatable bonds is 4. The molecule has 4 aromatic carbocycles. The van der Waals surface area contributed by atoms with Crippen LogP contribution < -0.4 is 5.32 Å². The standard InChI is InChI=1S/C27H19N5O3/c33-23-7-3-1-5-17(23)25-29-19-11-9-15(13-21(19)31-25)27(35)28-16-10-12-20-22(14-16)32-26(30-20)18-6-2-4-8-24(18)34/h1-14,33-34H,(H,28,35)(H,29,31)(H,30,32). The van der Waals surface area contributed by atoms with Crippen LogP contribution in [0.3, 0.4) is 0 Å². The molecule has 0 saturated heterocycles. The molecular weight excluding hydrogens is 442 g/mol. The lowest BCUT2D eigenvalue weighted by molar-refractivity contribution is 0.102. The molecule has 0 aliphatic heterocycles. The molecule has 0 atom stereocenters. The Morgan fingerprint density at radius 3 is 1.83 bits per heavy atom. The number of hydrogen-bond acceptors (Lipinski definition) is 5. The number of aromatic nitrogens is 4. The normalized spacial score (nSPS) is 11.2. The fraction of sp³-hybridized carbons (Fsp3) is 0. The molecule has 2 heterocycles. The van der Waals surface area contributed by atoms with E-state index in [0.717, 1.165) is 11.0 Å². The second kappa shape index (κ2) is 8.03. The van der Waals surface area contributed by atoms with Gasteiger partial charge in [-0.3, -0.25) is 4.79 Å². The maximum Gasteiger partial charge on any atom is 0.255 e. The molecule has 6 aromatic rings. The van der Waals surface area contributed by atoms with Crippen LogP contribution in [-0.2, 0) is 0 Å². The number of amides is 1. The quantitative estimate of drug-likeness (QED) is 0.239. The average molecular weight is 461 g/mol. The highest BCUT2D eigenvalue weighted by Crippen LogP contribution is 2.30. The molecule has 0 bridgehead atoms. The number of benzene rings is 4. The molecule has 0 saturated carbocycles. The number of nitrogens with one attached hydrogen (secondary N) is 3. The Hall–Kier alpha value is -5.11. The molecule has 35 heavy (non-hydrogen) atoms. The van der Waals surface area contributed by atoms with Crippen molar-refractivity contribution in [1.29, 1.82) is 0 Å². The fourth-order valence-electron chi connectivity index (χ4n) is 4.04. The first-order chi connectivity index (χ1) is 17.0. The lowest BCUT2D eigenvalue weighted by atomic mass is 10.2. The van der Waals surface area contributed by atoms with Gasteiger partial charge in [0, 0.05) is 11.3 Å². The van der Waals surface area contributed by atoms with Crippen LogP contribution in [0, 0.1) is 0 Å². The molecule has 8 nitrogen and oxygen atoms in total. The molecule has 0 aliphatic carbocycles. The minimum absolute atomic E-state index is 0.129. The number of para-hydroxylation sites is 2. The molecule has 5 N–H and O–H groups in total. The molecule has 6 rings (SSSR count). The zero-order valence-corrected chi connectivity index (χ0v) is 18.3. The van der Waals surface area contributed by atoms with Gasteiger partial charge < -0.3 is 25.5 Å². The van der Waals surface area contributed by atoms with Crippen LogP contribution in [0.4, 0.5) is 5.69 Å². The summed E-state index contributed by atoms with van der Waals surface area (Å²) in [5.41, 5.74) is 5.09. The molecule has 0 spiro atoms. The number of phenols is 2. The third-order valence-electron chi connectivity index (χ3n) is 5.80. The predicted molar refractivity (Wildman–Crippen MR) is 134 cm³/mol. The summed E-state index contributed by atoms with van der Waals surface area (Å²) in [7, 11) is 0. The summed E-state index contributed by atoms with van der Waals surface area (Å²) < 4.78 is 0. The number of carbonyl (C=O) groups is 1. The van der Waals surface area contributed by atoms with E-state index < -0.39 is 0 Å². The van der Waals surface area contributed by atoms with Crippen molar-refractivity contribution >= 4 is 33.7 Å². The number of aromatic amines is 2. The van der Waals surface area contributed by atoms with Gasteiger partial charge in [0.15, 0.2) is 0 Å². The van der Waals surface area contributed by atoms with Crippen LogP contribution in [0.2, 0.25) is 0 Å². The third-order valence-corrected chi connectivity index (χ3v) is 5.80. The first kappa shape index (κ1) is 20.5. The van der Waals surface area contributed by atoms with Gasteiger partial charge in [0.1, 0.15) is 23.1 Å². The number of fused-ring (bicyclic) bond motifs is 2. The highest BCUT2D eigenvalue weighted by atomic mass is 16.3. The first-order valence-electron chi connectivity index (χ1n) is 10.9. The molecule has 0 fully saturated rings. The fourth-order valence-corrected chi connectivity index (χ4v) is 4.04. The summed E-state index contributed by atoms with van der Waals surface area (Å²) in [6.45, 7) is 0. The van der Waals surface area contributed by atoms with Crippen LogP contribution in [0.25, 0.3) is 44.8 Å². The van der Waals surface area contributed by atoms with Crippen LogP contribution in [0.1, 0.15) is 10.4 Å². The Balaban J connectivity index is 1.27. The summed E-state index contributed by atoms with van der Waals surface area (Å²) in [6, 6.07) is 24.5. The van der Waals surface area contributed by atoms with Gasteiger partial charge in [-0.05, 0) is 60.7 Å². The minimum Gasteiger partial charge on any atom is -0.507 e. The first-order valence-corrected chi connectivity index (χ1v) is 10.9. The van der Waals surface area contributed by atoms with Crippen molar-refractivity contribution in [2.75, 3.05) is 5.32 Å². The van der Waals surface area contributed by atoms with Gasteiger partial charge in [0.25, 0.3) is 5.91 Å². The summed E-state index contributed by atoms with van der Waals surface area (Å²) in [6.07, 6.45) is 0. The van der Waals surface area contributed by atoms with Crippen LogP contribution in [0.15, 0.2) is 84.9 Å². The van der Waals surface area contributed by atoms with Crippen molar-refractivity contribution in [3.05, 3.63) is 90.5 Å². The minimum atomic E-state index is -0.273. The molecule has 2 aromatic heterocycles. The van der Waals surface area contributed by atoms with Crippen molar-refractivity contribution in [1.82, 2.24) is 19.9 Å². The van der Waals surface area contributed by atoms with Gasteiger partial charge in [-0.25, -0.2) is 9.97 Å². The van der Waals surface area contributed by atoms with Crippen LogP contribution in [-0.4, -0.2) is 36.1 Å². The number of imidazole rings is 2. The Bertz CT molecular complexity index is 1730. The SMILES string of the molecule is O=C(Nc1ccc2nc(-c3ccccc3O)[nH]c2c1)c1ccc2nc(-c3ccccc3O)[nH]c2c1. The largest absolute Gasteiger partial charge is 0.507 e. The predicted octanol–water partition coefficient (Wildman–Crippen LogP) is 5.44. The zero-order chi connectivity index (χ0) is 23.9. The van der Waals surface area contributed by atoms with Gasteiger partial charge in [-0.2, -0.15) is 0 Å². The average Bonchev–Trinajstić information content (AvgIpc) is 3.48. The van der Waals surface area contributed by atoms with E-state index in [-0.39, 0.29) is 17.4 Å². The van der Waals surface area contributed by atoms with Gasteiger partial charge in [-0.15, -0.1) is 0 Å². The maximum atomic E-state index is 13.0. The van der Waals surface area contributed by atoms with Crippen molar-refractivity contribution in [2.45, 2.75) is 0 Å². The molecule has 0 aliphatic rings. The topological polar surface area (TPSA) is 127 Å². The molecule has 8 heteroatoms. The second-order valence-corrected chi connectivity index (χ2v) is 8.12. The highest BCUT2D eigenvalue weighted by Gasteiger charge is 2.14. The number of aromatic hydroxyl groups is 2. The number of hydrogen-bond donors (Lipinski definition) is 5. The van der Waals surface area contributed by atoms with Crippen LogP contribution in [0.5, 0.6) is 11.5 Å². The van der Waals surface area contributed by atoms with E-state index in [2.05, 4.69) is 25.3 Å². The van der Waals surface area contributed by atoms with Crippen molar-refractivity contribution < 1.29 is 15.0 Å². The van der Waals surface area contributed by atoms with Crippen LogP contribution >= 0.6 is 0 Å². The summed E-state index contributed by atoms with van der Waals surface area (Å²) in [5, 5.41) is 23.1. The van der Waals surface area contributed by atoms with Crippen molar-refractivity contribution in [3.63, 3.8) is 0 Å². The number of nitrogens with zero attached hydrogens (tertiary/aromatic N) is 2. The van der Waals surface area contributed by atoms with E-state index in [1.54, 1.807) is 66.7 Å². The number of phenolic OH excluding ortho intramolecular Hbond substituents is 2. The number of carbonyl (C=O) groups excluding carboxylic acids is 1. The summed E-state index contributed by atoms with van der Waals surface area (Å²) >= 11 is 0. The van der Waals surface area contributed by atoms with E-state index in [0.29, 0.717) is 45.1 Å².